The Morgan fingerprint density at radius 2 is 1.80 bits per heavy atom. The minimum Gasteiger partial charge on any atom is -0.497 e. The highest BCUT2D eigenvalue weighted by Gasteiger charge is 2.26. The summed E-state index contributed by atoms with van der Waals surface area (Å²) < 4.78 is 5.36. The van der Waals surface area contributed by atoms with E-state index in [2.05, 4.69) is 37.3 Å². The maximum atomic E-state index is 5.36. The van der Waals surface area contributed by atoms with Gasteiger partial charge < -0.3 is 4.74 Å². The van der Waals surface area contributed by atoms with Crippen molar-refractivity contribution in [3.63, 3.8) is 0 Å². The van der Waals surface area contributed by atoms with Crippen LogP contribution in [0.1, 0.15) is 41.5 Å². The van der Waals surface area contributed by atoms with Crippen LogP contribution in [0.2, 0.25) is 0 Å². The van der Waals surface area contributed by atoms with Crippen molar-refractivity contribution in [2.24, 2.45) is 0 Å². The molecule has 1 atom stereocenters. The Balaban J connectivity index is 1.90. The average molecular weight is 264 g/mol. The molecular weight excluding hydrogens is 244 g/mol. The van der Waals surface area contributed by atoms with E-state index in [0.29, 0.717) is 0 Å². The maximum absolute atomic E-state index is 5.36. The lowest BCUT2D eigenvalue weighted by Gasteiger charge is -2.23. The van der Waals surface area contributed by atoms with E-state index >= 15 is 0 Å². The third-order valence-electron chi connectivity index (χ3n) is 5.07. The van der Waals surface area contributed by atoms with Crippen molar-refractivity contribution in [3.8, 4) is 16.9 Å². The number of ether oxygens (including phenoxy) is 1. The molecule has 0 saturated heterocycles. The first-order valence-electron chi connectivity index (χ1n) is 7.60. The van der Waals surface area contributed by atoms with Gasteiger partial charge in [-0.15, -0.1) is 0 Å². The van der Waals surface area contributed by atoms with Crippen LogP contribution in [0.5, 0.6) is 5.75 Å². The van der Waals surface area contributed by atoms with E-state index in [1.165, 1.54) is 36.0 Å². The molecule has 0 saturated carbocycles. The predicted octanol–water partition coefficient (Wildman–Crippen LogP) is 4.51. The Bertz CT molecular complexity index is 684. The average Bonchev–Trinajstić information content (AvgIpc) is 2.88. The van der Waals surface area contributed by atoms with E-state index in [0.717, 1.165) is 18.1 Å². The van der Waals surface area contributed by atoms with Crippen molar-refractivity contribution in [1.29, 1.82) is 0 Å². The Kier molecular flexibility index (Phi) is 2.63. The van der Waals surface area contributed by atoms with Crippen LogP contribution in [-0.2, 0) is 19.3 Å². The summed E-state index contributed by atoms with van der Waals surface area (Å²) in [6.45, 7) is 2.36. The topological polar surface area (TPSA) is 9.23 Å². The zero-order valence-electron chi connectivity index (χ0n) is 12.2. The van der Waals surface area contributed by atoms with Crippen molar-refractivity contribution in [2.45, 2.75) is 38.5 Å². The standard InChI is InChI=1S/C19H20O/c1-12-3-6-17-15(12)9-10-18-16-8-5-14(20-2)11-13(16)4-7-19(17)18/h5,8-12H,3-4,6-7H2,1-2H3. The summed E-state index contributed by atoms with van der Waals surface area (Å²) in [6, 6.07) is 11.2. The minimum absolute atomic E-state index is 0.743. The van der Waals surface area contributed by atoms with Crippen molar-refractivity contribution < 1.29 is 4.74 Å². The largest absolute Gasteiger partial charge is 0.497 e. The molecule has 0 aromatic heterocycles. The first kappa shape index (κ1) is 12.0. The van der Waals surface area contributed by atoms with E-state index in [1.807, 2.05) is 0 Å². The summed E-state index contributed by atoms with van der Waals surface area (Å²) in [5.41, 5.74) is 9.17. The number of methoxy groups -OCH3 is 1. The first-order chi connectivity index (χ1) is 9.78. The second kappa shape index (κ2) is 4.37. The predicted molar refractivity (Wildman–Crippen MR) is 82.6 cm³/mol. The Labute approximate surface area is 120 Å². The lowest BCUT2D eigenvalue weighted by molar-refractivity contribution is 0.414. The number of benzene rings is 2. The van der Waals surface area contributed by atoms with E-state index in [-0.39, 0.29) is 0 Å². The second-order valence-electron chi connectivity index (χ2n) is 6.12. The second-order valence-corrected chi connectivity index (χ2v) is 6.12. The van der Waals surface area contributed by atoms with Gasteiger partial charge in [0.2, 0.25) is 0 Å². The number of aryl methyl sites for hydroxylation is 1. The first-order valence-corrected chi connectivity index (χ1v) is 7.60. The molecule has 1 unspecified atom stereocenters. The van der Waals surface area contributed by atoms with Crippen molar-refractivity contribution in [1.82, 2.24) is 0 Å². The van der Waals surface area contributed by atoms with Gasteiger partial charge >= 0.3 is 0 Å². The van der Waals surface area contributed by atoms with Crippen LogP contribution in [0.25, 0.3) is 11.1 Å². The molecule has 2 aliphatic rings. The molecule has 0 fully saturated rings. The zero-order chi connectivity index (χ0) is 13.7. The number of hydrogen-bond donors (Lipinski definition) is 0. The summed E-state index contributed by atoms with van der Waals surface area (Å²) in [6.07, 6.45) is 4.92. The molecular formula is C19H20O. The number of rotatable bonds is 1. The van der Waals surface area contributed by atoms with E-state index in [4.69, 9.17) is 4.74 Å². The van der Waals surface area contributed by atoms with Crippen molar-refractivity contribution >= 4 is 0 Å². The van der Waals surface area contributed by atoms with Crippen LogP contribution in [-0.4, -0.2) is 7.11 Å². The van der Waals surface area contributed by atoms with Crippen LogP contribution in [0.3, 0.4) is 0 Å². The number of hydrogen-bond acceptors (Lipinski definition) is 1. The molecule has 0 aliphatic heterocycles. The molecule has 4 rings (SSSR count). The van der Waals surface area contributed by atoms with Crippen LogP contribution in [0.4, 0.5) is 0 Å². The van der Waals surface area contributed by atoms with Gasteiger partial charge in [-0.05, 0) is 77.1 Å². The molecule has 0 bridgehead atoms. The van der Waals surface area contributed by atoms with Gasteiger partial charge in [0.1, 0.15) is 5.75 Å². The molecule has 1 heteroatoms. The van der Waals surface area contributed by atoms with Crippen LogP contribution < -0.4 is 4.74 Å². The molecule has 0 N–H and O–H groups in total. The van der Waals surface area contributed by atoms with Gasteiger partial charge in [-0.2, -0.15) is 0 Å². The molecule has 0 radical (unpaired) electrons. The Morgan fingerprint density at radius 3 is 2.65 bits per heavy atom. The number of fused-ring (bicyclic) bond motifs is 5. The van der Waals surface area contributed by atoms with Gasteiger partial charge in [0, 0.05) is 0 Å². The molecule has 0 spiro atoms. The lowest BCUT2D eigenvalue weighted by atomic mass is 9.82. The fourth-order valence-electron chi connectivity index (χ4n) is 3.95. The van der Waals surface area contributed by atoms with E-state index < -0.39 is 0 Å². The van der Waals surface area contributed by atoms with Gasteiger partial charge in [-0.1, -0.05) is 25.1 Å². The molecule has 0 amide bonds. The molecule has 20 heavy (non-hydrogen) atoms. The summed E-state index contributed by atoms with van der Waals surface area (Å²) >= 11 is 0. The highest BCUT2D eigenvalue weighted by molar-refractivity contribution is 5.76. The molecule has 2 aromatic carbocycles. The van der Waals surface area contributed by atoms with Gasteiger partial charge in [0.15, 0.2) is 0 Å². The van der Waals surface area contributed by atoms with Crippen LogP contribution >= 0.6 is 0 Å². The third-order valence-corrected chi connectivity index (χ3v) is 5.07. The van der Waals surface area contributed by atoms with Crippen LogP contribution in [0, 0.1) is 0 Å². The smallest absolute Gasteiger partial charge is 0.119 e. The van der Waals surface area contributed by atoms with Crippen LogP contribution in [0.15, 0.2) is 30.3 Å². The fraction of sp³-hybridized carbons (Fsp3) is 0.368. The Morgan fingerprint density at radius 1 is 0.950 bits per heavy atom. The van der Waals surface area contributed by atoms with Gasteiger partial charge in [-0.25, -0.2) is 0 Å². The van der Waals surface area contributed by atoms with Gasteiger partial charge in [-0.3, -0.25) is 0 Å². The Hall–Kier alpha value is -1.76. The zero-order valence-corrected chi connectivity index (χ0v) is 12.2. The molecule has 0 heterocycles. The van der Waals surface area contributed by atoms with Gasteiger partial charge in [0.25, 0.3) is 0 Å². The quantitative estimate of drug-likeness (QED) is 0.736. The summed E-state index contributed by atoms with van der Waals surface area (Å²) in [5.74, 6) is 1.72. The van der Waals surface area contributed by atoms with E-state index in [1.54, 1.807) is 23.8 Å². The summed E-state index contributed by atoms with van der Waals surface area (Å²) in [7, 11) is 1.74. The summed E-state index contributed by atoms with van der Waals surface area (Å²) in [5, 5.41) is 0. The SMILES string of the molecule is COc1ccc2c(c1)CCc1c-2ccc2c1CCC2C. The highest BCUT2D eigenvalue weighted by atomic mass is 16.5. The fourth-order valence-corrected chi connectivity index (χ4v) is 3.95. The normalized spacial score (nSPS) is 19.2. The highest BCUT2D eigenvalue weighted by Crippen LogP contribution is 2.43. The van der Waals surface area contributed by atoms with Crippen molar-refractivity contribution in [2.75, 3.05) is 7.11 Å². The summed E-state index contributed by atoms with van der Waals surface area (Å²) in [4.78, 5) is 0. The molecule has 1 nitrogen and oxygen atoms in total. The molecule has 2 aliphatic carbocycles. The monoisotopic (exact) mass is 264 g/mol. The molecule has 2 aromatic rings. The third kappa shape index (κ3) is 1.62. The minimum atomic E-state index is 0.743. The lowest BCUT2D eigenvalue weighted by Crippen LogP contribution is -2.07. The molecule has 102 valence electrons. The maximum Gasteiger partial charge on any atom is 0.119 e. The van der Waals surface area contributed by atoms with Crippen molar-refractivity contribution in [3.05, 3.63) is 52.6 Å². The van der Waals surface area contributed by atoms with E-state index in [9.17, 15) is 0 Å². The van der Waals surface area contributed by atoms with Gasteiger partial charge in [0.05, 0.1) is 7.11 Å².